The predicted octanol–water partition coefficient (Wildman–Crippen LogP) is 2.17. The number of fused-ring (bicyclic) bond motifs is 1. The molecule has 3 rings (SSSR count). The number of ether oxygens (including phenoxy) is 5. The molecule has 0 bridgehead atoms. The third kappa shape index (κ3) is 3.18. The van der Waals surface area contributed by atoms with Gasteiger partial charge in [-0.15, -0.1) is 0 Å². The molecular weight excluding hydrogens is 302 g/mol. The van der Waals surface area contributed by atoms with Gasteiger partial charge in [0.05, 0.1) is 12.6 Å². The minimum Gasteiger partial charge on any atom is -0.376 e. The van der Waals surface area contributed by atoms with E-state index in [9.17, 15) is 0 Å². The first kappa shape index (κ1) is 16.2. The van der Waals surface area contributed by atoms with Gasteiger partial charge in [0.1, 0.15) is 18.3 Å². The van der Waals surface area contributed by atoms with Crippen molar-refractivity contribution in [3.05, 3.63) is 46.3 Å². The minimum absolute atomic E-state index is 0.317. The van der Waals surface area contributed by atoms with Gasteiger partial charge in [-0.3, -0.25) is 0 Å². The van der Waals surface area contributed by atoms with Crippen LogP contribution in [0.4, 0.5) is 0 Å². The Morgan fingerprint density at radius 1 is 1.17 bits per heavy atom. The molecule has 2 fully saturated rings. The minimum atomic E-state index is -0.641. The first-order valence-corrected chi connectivity index (χ1v) is 7.35. The topological polar surface area (TPSA) is 94.9 Å². The van der Waals surface area contributed by atoms with Crippen molar-refractivity contribution in [3.63, 3.8) is 0 Å². The van der Waals surface area contributed by atoms with Crippen molar-refractivity contribution in [3.8, 4) is 0 Å². The second-order valence-corrected chi connectivity index (χ2v) is 5.35. The van der Waals surface area contributed by atoms with E-state index in [1.807, 2.05) is 30.3 Å². The van der Waals surface area contributed by atoms with Crippen LogP contribution < -0.4 is 0 Å². The van der Waals surface area contributed by atoms with Gasteiger partial charge in [0.2, 0.25) is 0 Å². The van der Waals surface area contributed by atoms with Gasteiger partial charge in [0, 0.05) is 24.7 Å². The maximum atomic E-state index is 8.90. The quantitative estimate of drug-likeness (QED) is 0.481. The number of benzene rings is 1. The Bertz CT molecular complexity index is 565. The first-order chi connectivity index (χ1) is 11.3. The molecular formula is C15H19N3O5. The molecule has 0 N–H and O–H groups in total. The fraction of sp³-hybridized carbons (Fsp3) is 0.600. The largest absolute Gasteiger partial charge is 0.376 e. The van der Waals surface area contributed by atoms with E-state index in [4.69, 9.17) is 29.2 Å². The van der Waals surface area contributed by atoms with Crippen molar-refractivity contribution >= 4 is 0 Å². The molecule has 1 aromatic rings. The normalized spacial score (nSPS) is 36.8. The summed E-state index contributed by atoms with van der Waals surface area (Å²) in [5.41, 5.74) is 9.80. The lowest BCUT2D eigenvalue weighted by molar-refractivity contribution is -0.340. The zero-order valence-corrected chi connectivity index (χ0v) is 12.9. The Hall–Kier alpha value is -1.67. The van der Waals surface area contributed by atoms with Crippen LogP contribution in [0.3, 0.4) is 0 Å². The summed E-state index contributed by atoms with van der Waals surface area (Å²) in [6.07, 6.45) is -2.58. The molecule has 8 heteroatoms. The van der Waals surface area contributed by atoms with Gasteiger partial charge in [-0.05, 0) is 5.53 Å². The Morgan fingerprint density at radius 2 is 1.96 bits per heavy atom. The van der Waals surface area contributed by atoms with Gasteiger partial charge >= 0.3 is 0 Å². The Labute approximate surface area is 133 Å². The van der Waals surface area contributed by atoms with Gasteiger partial charge in [-0.25, -0.2) is 0 Å². The van der Waals surface area contributed by atoms with E-state index < -0.39 is 30.8 Å². The fourth-order valence-corrected chi connectivity index (χ4v) is 2.98. The van der Waals surface area contributed by atoms with Gasteiger partial charge < -0.3 is 23.7 Å². The number of hydrogen-bond acceptors (Lipinski definition) is 6. The molecule has 1 aromatic carbocycles. The van der Waals surface area contributed by atoms with E-state index in [-0.39, 0.29) is 6.10 Å². The molecule has 0 radical (unpaired) electrons. The molecule has 3 unspecified atom stereocenters. The second-order valence-electron chi connectivity index (χ2n) is 5.35. The van der Waals surface area contributed by atoms with Crippen LogP contribution in [0.15, 0.2) is 35.4 Å². The van der Waals surface area contributed by atoms with Crippen molar-refractivity contribution in [2.45, 2.75) is 36.9 Å². The van der Waals surface area contributed by atoms with Crippen LogP contribution in [0.25, 0.3) is 10.4 Å². The Balaban J connectivity index is 1.84. The highest BCUT2D eigenvalue weighted by Crippen LogP contribution is 2.36. The molecule has 2 aliphatic heterocycles. The lowest BCUT2D eigenvalue weighted by atomic mass is 9.95. The van der Waals surface area contributed by atoms with Crippen molar-refractivity contribution < 1.29 is 23.7 Å². The molecule has 23 heavy (non-hydrogen) atoms. The van der Waals surface area contributed by atoms with Crippen molar-refractivity contribution in [2.24, 2.45) is 5.11 Å². The van der Waals surface area contributed by atoms with E-state index >= 15 is 0 Å². The molecule has 2 heterocycles. The highest BCUT2D eigenvalue weighted by atomic mass is 16.7. The SMILES string of the molecule is CO[C@@H]1OC2COC(c3ccccc3)O[C@@H]2C(N=[N+]=[N-])[C@@H]1OC. The molecule has 0 aliphatic carbocycles. The molecule has 6 atom stereocenters. The average molecular weight is 321 g/mol. The number of rotatable bonds is 4. The maximum absolute atomic E-state index is 8.90. The summed E-state index contributed by atoms with van der Waals surface area (Å²) < 4.78 is 28.3. The zero-order valence-electron chi connectivity index (χ0n) is 12.9. The van der Waals surface area contributed by atoms with Crippen LogP contribution in [-0.2, 0) is 23.7 Å². The number of methoxy groups -OCH3 is 2. The molecule has 0 aromatic heterocycles. The number of hydrogen-bond donors (Lipinski definition) is 0. The smallest absolute Gasteiger partial charge is 0.184 e. The lowest BCUT2D eigenvalue weighted by Crippen LogP contribution is -2.61. The van der Waals surface area contributed by atoms with E-state index in [1.165, 1.54) is 14.2 Å². The molecule has 0 spiro atoms. The molecule has 2 saturated heterocycles. The Kier molecular flexibility index (Phi) is 5.12. The van der Waals surface area contributed by atoms with E-state index in [0.29, 0.717) is 6.61 Å². The zero-order chi connectivity index (χ0) is 16.2. The summed E-state index contributed by atoms with van der Waals surface area (Å²) in [4.78, 5) is 2.93. The van der Waals surface area contributed by atoms with Gasteiger partial charge in [-0.2, -0.15) is 0 Å². The fourth-order valence-electron chi connectivity index (χ4n) is 2.98. The van der Waals surface area contributed by atoms with E-state index in [2.05, 4.69) is 10.0 Å². The highest BCUT2D eigenvalue weighted by molar-refractivity contribution is 5.16. The molecule has 8 nitrogen and oxygen atoms in total. The van der Waals surface area contributed by atoms with Crippen LogP contribution in [0.2, 0.25) is 0 Å². The summed E-state index contributed by atoms with van der Waals surface area (Å²) in [5, 5.41) is 3.86. The number of nitrogens with zero attached hydrogens (tertiary/aromatic N) is 3. The van der Waals surface area contributed by atoms with Crippen molar-refractivity contribution in [2.75, 3.05) is 20.8 Å². The first-order valence-electron chi connectivity index (χ1n) is 7.35. The van der Waals surface area contributed by atoms with Crippen molar-refractivity contribution in [1.29, 1.82) is 0 Å². The van der Waals surface area contributed by atoms with Crippen LogP contribution in [0.1, 0.15) is 11.9 Å². The maximum Gasteiger partial charge on any atom is 0.184 e. The lowest BCUT2D eigenvalue weighted by Gasteiger charge is -2.47. The molecule has 124 valence electrons. The van der Waals surface area contributed by atoms with Crippen LogP contribution >= 0.6 is 0 Å². The summed E-state index contributed by atoms with van der Waals surface area (Å²) in [7, 11) is 3.04. The molecule has 0 saturated carbocycles. The van der Waals surface area contributed by atoms with Crippen LogP contribution in [0, 0.1) is 0 Å². The van der Waals surface area contributed by atoms with Crippen LogP contribution in [-0.4, -0.2) is 51.5 Å². The molecule has 0 amide bonds. The summed E-state index contributed by atoms with van der Waals surface area (Å²) >= 11 is 0. The molecule has 2 aliphatic rings. The third-order valence-corrected chi connectivity index (χ3v) is 4.07. The van der Waals surface area contributed by atoms with Crippen molar-refractivity contribution in [1.82, 2.24) is 0 Å². The van der Waals surface area contributed by atoms with Crippen LogP contribution in [0.5, 0.6) is 0 Å². The van der Waals surface area contributed by atoms with E-state index in [0.717, 1.165) is 5.56 Å². The van der Waals surface area contributed by atoms with Gasteiger partial charge in [0.25, 0.3) is 0 Å². The highest BCUT2D eigenvalue weighted by Gasteiger charge is 2.50. The summed E-state index contributed by atoms with van der Waals surface area (Å²) in [6.45, 7) is 0.317. The summed E-state index contributed by atoms with van der Waals surface area (Å²) in [5.74, 6) is 0. The van der Waals surface area contributed by atoms with Gasteiger partial charge in [0.15, 0.2) is 12.6 Å². The number of azide groups is 1. The Morgan fingerprint density at radius 3 is 2.61 bits per heavy atom. The predicted molar refractivity (Wildman–Crippen MR) is 79.4 cm³/mol. The second kappa shape index (κ2) is 7.27. The monoisotopic (exact) mass is 321 g/mol. The summed E-state index contributed by atoms with van der Waals surface area (Å²) in [6, 6.07) is 9.02. The van der Waals surface area contributed by atoms with Gasteiger partial charge in [-0.1, -0.05) is 35.4 Å². The average Bonchev–Trinajstić information content (AvgIpc) is 2.62. The third-order valence-electron chi connectivity index (χ3n) is 4.07. The van der Waals surface area contributed by atoms with E-state index in [1.54, 1.807) is 0 Å². The standard InChI is InChI=1S/C15H19N3O5/c1-19-13-11(17-18-16)12-10(22-15(13)20-2)8-21-14(23-12)9-6-4-3-5-7-9/h3-7,10-15H,8H2,1-2H3/t10?,11?,12-,13-,14?,15+/m0/s1.